The van der Waals surface area contributed by atoms with Gasteiger partial charge in [0.2, 0.25) is 5.91 Å². The number of carbonyl (C=O) groups is 1. The molecule has 1 aliphatic carbocycles. The van der Waals surface area contributed by atoms with E-state index in [4.69, 9.17) is 5.73 Å². The van der Waals surface area contributed by atoms with Gasteiger partial charge < -0.3 is 11.1 Å². The lowest BCUT2D eigenvalue weighted by Gasteiger charge is -2.35. The van der Waals surface area contributed by atoms with Gasteiger partial charge in [0.1, 0.15) is 0 Å². The van der Waals surface area contributed by atoms with Crippen molar-refractivity contribution in [3.8, 4) is 0 Å². The molecule has 1 saturated carbocycles. The zero-order valence-corrected chi connectivity index (χ0v) is 12.9. The molecule has 1 heterocycles. The minimum atomic E-state index is -0.000977. The molecule has 0 saturated heterocycles. The predicted molar refractivity (Wildman–Crippen MR) is 87.4 cm³/mol. The molecule has 21 heavy (non-hydrogen) atoms. The maximum absolute atomic E-state index is 12.3. The van der Waals surface area contributed by atoms with Crippen molar-refractivity contribution < 1.29 is 4.79 Å². The normalized spacial score (nSPS) is 17.8. The lowest BCUT2D eigenvalue weighted by molar-refractivity contribution is -0.118. The zero-order chi connectivity index (χ0) is 14.7. The first-order valence-electron chi connectivity index (χ1n) is 7.56. The fraction of sp³-hybridized carbons (Fsp3) is 0.500. The van der Waals surface area contributed by atoms with Gasteiger partial charge in [-0.3, -0.25) is 4.79 Å². The van der Waals surface area contributed by atoms with Gasteiger partial charge in [0.15, 0.2) is 5.13 Å². The summed E-state index contributed by atoms with van der Waals surface area (Å²) in [5.74, 6) is 0.0430. The van der Waals surface area contributed by atoms with Gasteiger partial charge in [-0.1, -0.05) is 42.7 Å². The van der Waals surface area contributed by atoms with Crippen LogP contribution in [-0.2, 0) is 4.79 Å². The molecule has 0 bridgehead atoms. The second-order valence-corrected chi connectivity index (χ2v) is 7.01. The molecular weight excluding hydrogens is 282 g/mol. The summed E-state index contributed by atoms with van der Waals surface area (Å²) < 4.78 is 1.10. The van der Waals surface area contributed by atoms with Crippen molar-refractivity contribution in [1.82, 2.24) is 4.98 Å². The van der Waals surface area contributed by atoms with Gasteiger partial charge in [-0.15, -0.1) is 0 Å². The van der Waals surface area contributed by atoms with Crippen LogP contribution in [0.15, 0.2) is 24.3 Å². The molecule has 1 aliphatic rings. The number of fused-ring (bicyclic) bond motifs is 1. The summed E-state index contributed by atoms with van der Waals surface area (Å²) in [5, 5.41) is 3.64. The predicted octanol–water partition coefficient (Wildman–Crippen LogP) is 3.53. The number of nitrogens with two attached hydrogens (primary N) is 1. The second-order valence-electron chi connectivity index (χ2n) is 5.98. The molecular formula is C16H21N3OS. The Morgan fingerprint density at radius 3 is 2.76 bits per heavy atom. The lowest BCUT2D eigenvalue weighted by atomic mass is 9.72. The highest BCUT2D eigenvalue weighted by atomic mass is 32.1. The Hall–Kier alpha value is -1.46. The van der Waals surface area contributed by atoms with E-state index in [1.54, 1.807) is 0 Å². The van der Waals surface area contributed by atoms with E-state index in [1.807, 2.05) is 24.3 Å². The Balaban J connectivity index is 1.68. The van der Waals surface area contributed by atoms with Crippen molar-refractivity contribution >= 4 is 32.6 Å². The summed E-state index contributed by atoms with van der Waals surface area (Å²) in [4.78, 5) is 16.8. The van der Waals surface area contributed by atoms with Crippen LogP contribution in [0.1, 0.15) is 38.5 Å². The first-order chi connectivity index (χ1) is 10.2. The van der Waals surface area contributed by atoms with Crippen molar-refractivity contribution in [1.29, 1.82) is 0 Å². The molecule has 0 atom stereocenters. The molecule has 0 spiro atoms. The van der Waals surface area contributed by atoms with Crippen molar-refractivity contribution in [2.24, 2.45) is 11.1 Å². The molecule has 3 rings (SSSR count). The van der Waals surface area contributed by atoms with E-state index >= 15 is 0 Å². The van der Waals surface area contributed by atoms with Crippen molar-refractivity contribution in [2.75, 3.05) is 11.9 Å². The molecule has 3 N–H and O–H groups in total. The van der Waals surface area contributed by atoms with Crippen LogP contribution >= 0.6 is 11.3 Å². The number of rotatable bonds is 4. The van der Waals surface area contributed by atoms with Gasteiger partial charge in [0, 0.05) is 6.42 Å². The molecule has 0 radical (unpaired) electrons. The largest absolute Gasteiger partial charge is 0.330 e. The number of para-hydroxylation sites is 1. The Bertz CT molecular complexity index is 598. The van der Waals surface area contributed by atoms with E-state index in [2.05, 4.69) is 10.3 Å². The van der Waals surface area contributed by atoms with Gasteiger partial charge in [-0.2, -0.15) is 0 Å². The molecule has 4 nitrogen and oxygen atoms in total. The number of thiazole rings is 1. The summed E-state index contributed by atoms with van der Waals surface area (Å²) in [6.07, 6.45) is 6.28. The number of nitrogens with one attached hydrogen (secondary N) is 1. The molecule has 0 aliphatic heterocycles. The van der Waals surface area contributed by atoms with Crippen LogP contribution in [0.2, 0.25) is 0 Å². The minimum Gasteiger partial charge on any atom is -0.330 e. The second kappa shape index (κ2) is 6.12. The fourth-order valence-electron chi connectivity index (χ4n) is 3.18. The topological polar surface area (TPSA) is 68.0 Å². The van der Waals surface area contributed by atoms with E-state index < -0.39 is 0 Å². The highest BCUT2D eigenvalue weighted by Crippen LogP contribution is 2.38. The van der Waals surface area contributed by atoms with Crippen molar-refractivity contribution in [3.05, 3.63) is 24.3 Å². The Labute approximate surface area is 128 Å². The molecule has 1 aromatic heterocycles. The average molecular weight is 303 g/mol. The molecule has 2 aromatic rings. The van der Waals surface area contributed by atoms with E-state index in [9.17, 15) is 4.79 Å². The summed E-state index contributed by atoms with van der Waals surface area (Å²) >= 11 is 1.52. The Morgan fingerprint density at radius 1 is 1.29 bits per heavy atom. The summed E-state index contributed by atoms with van der Waals surface area (Å²) in [6, 6.07) is 7.92. The van der Waals surface area contributed by atoms with Crippen LogP contribution in [0.25, 0.3) is 10.2 Å². The van der Waals surface area contributed by atoms with Crippen LogP contribution in [0, 0.1) is 5.41 Å². The smallest absolute Gasteiger partial charge is 0.226 e. The standard InChI is InChI=1S/C16H21N3OS/c17-11-16(8-4-1-5-9-16)10-14(20)19-15-18-12-6-2-3-7-13(12)21-15/h2-3,6-7H,1,4-5,8-11,17H2,(H,18,19,20). The molecule has 112 valence electrons. The van der Waals surface area contributed by atoms with E-state index in [0.717, 1.165) is 23.1 Å². The summed E-state index contributed by atoms with van der Waals surface area (Å²) in [6.45, 7) is 0.597. The third-order valence-electron chi connectivity index (χ3n) is 4.42. The summed E-state index contributed by atoms with van der Waals surface area (Å²) in [7, 11) is 0. The fourth-order valence-corrected chi connectivity index (χ4v) is 4.07. The van der Waals surface area contributed by atoms with Crippen LogP contribution in [-0.4, -0.2) is 17.4 Å². The van der Waals surface area contributed by atoms with E-state index in [-0.39, 0.29) is 11.3 Å². The van der Waals surface area contributed by atoms with E-state index in [0.29, 0.717) is 18.1 Å². The molecule has 1 aromatic carbocycles. The quantitative estimate of drug-likeness (QED) is 0.908. The van der Waals surface area contributed by atoms with Gasteiger partial charge in [-0.05, 0) is 36.9 Å². The van der Waals surface area contributed by atoms with Crippen molar-refractivity contribution in [2.45, 2.75) is 38.5 Å². The maximum Gasteiger partial charge on any atom is 0.226 e. The Morgan fingerprint density at radius 2 is 2.05 bits per heavy atom. The molecule has 1 fully saturated rings. The highest BCUT2D eigenvalue weighted by molar-refractivity contribution is 7.22. The van der Waals surface area contributed by atoms with Crippen LogP contribution < -0.4 is 11.1 Å². The number of nitrogens with zero attached hydrogens (tertiary/aromatic N) is 1. The van der Waals surface area contributed by atoms with E-state index in [1.165, 1.54) is 30.6 Å². The highest BCUT2D eigenvalue weighted by Gasteiger charge is 2.33. The van der Waals surface area contributed by atoms with Crippen molar-refractivity contribution in [3.63, 3.8) is 0 Å². The van der Waals surface area contributed by atoms with Gasteiger partial charge >= 0.3 is 0 Å². The molecule has 5 heteroatoms. The Kier molecular flexibility index (Phi) is 4.22. The minimum absolute atomic E-state index is 0.000977. The summed E-state index contributed by atoms with van der Waals surface area (Å²) in [5.41, 5.74) is 6.88. The number of carbonyl (C=O) groups excluding carboxylic acids is 1. The first kappa shape index (κ1) is 14.5. The average Bonchev–Trinajstić information content (AvgIpc) is 2.90. The van der Waals surface area contributed by atoms with Crippen LogP contribution in [0.4, 0.5) is 5.13 Å². The SMILES string of the molecule is NCC1(CC(=O)Nc2nc3ccccc3s2)CCCCC1. The van der Waals surface area contributed by atoms with Gasteiger partial charge in [-0.25, -0.2) is 4.98 Å². The third kappa shape index (κ3) is 3.24. The number of benzene rings is 1. The monoisotopic (exact) mass is 303 g/mol. The zero-order valence-electron chi connectivity index (χ0n) is 12.1. The molecule has 0 unspecified atom stereocenters. The third-order valence-corrected chi connectivity index (χ3v) is 5.37. The maximum atomic E-state index is 12.3. The number of hydrogen-bond acceptors (Lipinski definition) is 4. The first-order valence-corrected chi connectivity index (χ1v) is 8.38. The number of aromatic nitrogens is 1. The number of anilines is 1. The van der Waals surface area contributed by atoms with Crippen LogP contribution in [0.3, 0.4) is 0 Å². The molecule has 1 amide bonds. The van der Waals surface area contributed by atoms with Crippen LogP contribution in [0.5, 0.6) is 0 Å². The number of amides is 1. The van der Waals surface area contributed by atoms with Gasteiger partial charge in [0.25, 0.3) is 0 Å². The van der Waals surface area contributed by atoms with Gasteiger partial charge in [0.05, 0.1) is 10.2 Å². The lowest BCUT2D eigenvalue weighted by Crippen LogP contribution is -2.36. The number of hydrogen-bond donors (Lipinski definition) is 2.